The molecule has 0 fully saturated rings. The van der Waals surface area contributed by atoms with Gasteiger partial charge in [0.2, 0.25) is 0 Å². The van der Waals surface area contributed by atoms with Crippen LogP contribution in [0.2, 0.25) is 0 Å². The molecule has 100 valence electrons. The van der Waals surface area contributed by atoms with Gasteiger partial charge in [0, 0.05) is 19.4 Å². The normalized spacial score (nSPS) is 11.6. The zero-order chi connectivity index (χ0) is 14.2. The summed E-state index contributed by atoms with van der Waals surface area (Å²) in [5, 5.41) is 15.9. The molecule has 0 saturated heterocycles. The van der Waals surface area contributed by atoms with Gasteiger partial charge in [-0.3, -0.25) is 0 Å². The molecule has 0 unspecified atom stereocenters. The molecule has 0 aliphatic heterocycles. The third-order valence-corrected chi connectivity index (χ3v) is 2.22. The zero-order valence-corrected chi connectivity index (χ0v) is 9.38. The summed E-state index contributed by atoms with van der Waals surface area (Å²) in [5.41, 5.74) is -1.53. The number of rotatable bonds is 2. The van der Waals surface area contributed by atoms with Crippen molar-refractivity contribution in [1.29, 1.82) is 0 Å². The summed E-state index contributed by atoms with van der Waals surface area (Å²) < 4.78 is 38.0. The van der Waals surface area contributed by atoms with Crippen LogP contribution in [0.1, 0.15) is 16.1 Å². The molecular formula is C9H6F3N5O2. The molecular weight excluding hydrogens is 267 g/mol. The summed E-state index contributed by atoms with van der Waals surface area (Å²) in [6, 6.07) is 0. The molecule has 10 heteroatoms. The number of hydrogen-bond donors (Lipinski definition) is 1. The first kappa shape index (κ1) is 12.9. The number of nitrogens with zero attached hydrogens (tertiary/aromatic N) is 5. The van der Waals surface area contributed by atoms with E-state index in [0.29, 0.717) is 12.4 Å². The number of alkyl halides is 3. The fraction of sp³-hybridized carbons (Fsp3) is 0.222. The Kier molecular flexibility index (Phi) is 2.92. The van der Waals surface area contributed by atoms with Crippen molar-refractivity contribution in [3.63, 3.8) is 0 Å². The highest BCUT2D eigenvalue weighted by molar-refractivity contribution is 5.91. The molecule has 7 nitrogen and oxygen atoms in total. The van der Waals surface area contributed by atoms with Crippen molar-refractivity contribution >= 4 is 5.97 Å². The van der Waals surface area contributed by atoms with Crippen molar-refractivity contribution in [3.05, 3.63) is 23.7 Å². The van der Waals surface area contributed by atoms with Crippen LogP contribution in [-0.4, -0.2) is 36.0 Å². The highest BCUT2D eigenvalue weighted by atomic mass is 19.4. The number of aryl methyl sites for hydroxylation is 1. The van der Waals surface area contributed by atoms with Gasteiger partial charge in [-0.1, -0.05) is 5.21 Å². The van der Waals surface area contributed by atoms with Crippen LogP contribution >= 0.6 is 0 Å². The van der Waals surface area contributed by atoms with Gasteiger partial charge in [-0.25, -0.2) is 19.4 Å². The molecule has 0 saturated carbocycles. The van der Waals surface area contributed by atoms with Crippen LogP contribution in [0.4, 0.5) is 13.2 Å². The largest absolute Gasteiger partial charge is 0.476 e. The Morgan fingerprint density at radius 1 is 1.32 bits per heavy atom. The molecule has 0 radical (unpaired) electrons. The Morgan fingerprint density at radius 3 is 2.37 bits per heavy atom. The van der Waals surface area contributed by atoms with Gasteiger partial charge in [0.05, 0.1) is 5.56 Å². The lowest BCUT2D eigenvalue weighted by atomic mass is 10.3. The standard InChI is InChI=1S/C9H6F3N5O2/c1-17-6(8(18)19)5(15-16-17)7-13-2-4(3-14-7)9(10,11)12/h2-3H,1H3,(H,18,19). The lowest BCUT2D eigenvalue weighted by Gasteiger charge is -2.05. The highest BCUT2D eigenvalue weighted by Gasteiger charge is 2.32. The molecule has 1 N–H and O–H groups in total. The van der Waals surface area contributed by atoms with Crippen molar-refractivity contribution < 1.29 is 23.1 Å². The Labute approximate surface area is 103 Å². The zero-order valence-electron chi connectivity index (χ0n) is 9.38. The average Bonchev–Trinajstić information content (AvgIpc) is 2.70. The molecule has 0 spiro atoms. The van der Waals surface area contributed by atoms with E-state index in [4.69, 9.17) is 5.11 Å². The summed E-state index contributed by atoms with van der Waals surface area (Å²) in [6.45, 7) is 0. The lowest BCUT2D eigenvalue weighted by Crippen LogP contribution is -2.09. The minimum absolute atomic E-state index is 0.191. The van der Waals surface area contributed by atoms with Crippen LogP contribution in [0.15, 0.2) is 12.4 Å². The molecule has 2 heterocycles. The summed E-state index contributed by atoms with van der Waals surface area (Å²) >= 11 is 0. The summed E-state index contributed by atoms with van der Waals surface area (Å²) in [7, 11) is 1.34. The Morgan fingerprint density at radius 2 is 1.89 bits per heavy atom. The maximum atomic E-state index is 12.3. The number of carbonyl (C=O) groups is 1. The molecule has 0 aliphatic carbocycles. The van der Waals surface area contributed by atoms with Crippen LogP contribution in [0.25, 0.3) is 11.5 Å². The SMILES string of the molecule is Cn1nnc(-c2ncc(C(F)(F)F)cn2)c1C(=O)O. The Balaban J connectivity index is 2.46. The monoisotopic (exact) mass is 273 g/mol. The van der Waals surface area contributed by atoms with E-state index in [0.717, 1.165) is 4.68 Å². The first-order valence-electron chi connectivity index (χ1n) is 4.83. The number of hydrogen-bond acceptors (Lipinski definition) is 5. The molecule has 0 aromatic carbocycles. The molecule has 0 amide bonds. The average molecular weight is 273 g/mol. The predicted molar refractivity (Wildman–Crippen MR) is 54.0 cm³/mol. The Bertz CT molecular complexity index is 620. The number of carboxylic acids is 1. The molecule has 0 atom stereocenters. The molecule has 19 heavy (non-hydrogen) atoms. The van der Waals surface area contributed by atoms with Gasteiger partial charge < -0.3 is 5.11 Å². The highest BCUT2D eigenvalue weighted by Crippen LogP contribution is 2.28. The van der Waals surface area contributed by atoms with E-state index in [2.05, 4.69) is 20.3 Å². The van der Waals surface area contributed by atoms with E-state index in [1.807, 2.05) is 0 Å². The quantitative estimate of drug-likeness (QED) is 0.876. The number of halogens is 3. The van der Waals surface area contributed by atoms with E-state index in [-0.39, 0.29) is 17.2 Å². The second-order valence-electron chi connectivity index (χ2n) is 3.51. The smallest absolute Gasteiger partial charge is 0.419 e. The predicted octanol–water partition coefficient (Wildman–Crippen LogP) is 0.989. The van der Waals surface area contributed by atoms with E-state index in [9.17, 15) is 18.0 Å². The van der Waals surface area contributed by atoms with Gasteiger partial charge >= 0.3 is 12.1 Å². The van der Waals surface area contributed by atoms with E-state index in [1.54, 1.807) is 0 Å². The minimum atomic E-state index is -4.56. The van der Waals surface area contributed by atoms with E-state index < -0.39 is 17.7 Å². The fourth-order valence-electron chi connectivity index (χ4n) is 1.34. The topological polar surface area (TPSA) is 93.8 Å². The molecule has 2 aromatic heterocycles. The van der Waals surface area contributed by atoms with Gasteiger partial charge in [0.25, 0.3) is 0 Å². The van der Waals surface area contributed by atoms with Crippen molar-refractivity contribution in [2.75, 3.05) is 0 Å². The van der Waals surface area contributed by atoms with Crippen LogP contribution in [0.3, 0.4) is 0 Å². The lowest BCUT2D eigenvalue weighted by molar-refractivity contribution is -0.138. The van der Waals surface area contributed by atoms with Crippen LogP contribution in [-0.2, 0) is 13.2 Å². The number of carboxylic acid groups (broad SMARTS) is 1. The van der Waals surface area contributed by atoms with Crippen molar-refractivity contribution in [2.45, 2.75) is 6.18 Å². The van der Waals surface area contributed by atoms with Gasteiger partial charge in [-0.2, -0.15) is 13.2 Å². The molecule has 0 bridgehead atoms. The van der Waals surface area contributed by atoms with Crippen LogP contribution in [0.5, 0.6) is 0 Å². The summed E-state index contributed by atoms with van der Waals surface area (Å²) in [6.07, 6.45) is -3.44. The number of aromatic nitrogens is 5. The second-order valence-corrected chi connectivity index (χ2v) is 3.51. The summed E-state index contributed by atoms with van der Waals surface area (Å²) in [5.74, 6) is -1.57. The van der Waals surface area contributed by atoms with Crippen molar-refractivity contribution in [1.82, 2.24) is 25.0 Å². The van der Waals surface area contributed by atoms with Gasteiger partial charge in [-0.15, -0.1) is 5.10 Å². The van der Waals surface area contributed by atoms with Gasteiger partial charge in [0.15, 0.2) is 17.2 Å². The third kappa shape index (κ3) is 2.37. The molecule has 2 aromatic rings. The van der Waals surface area contributed by atoms with Gasteiger partial charge in [0.1, 0.15) is 0 Å². The fourth-order valence-corrected chi connectivity index (χ4v) is 1.34. The second kappa shape index (κ2) is 4.30. The van der Waals surface area contributed by atoms with E-state index >= 15 is 0 Å². The van der Waals surface area contributed by atoms with Crippen molar-refractivity contribution in [3.8, 4) is 11.5 Å². The number of aromatic carboxylic acids is 1. The summed E-state index contributed by atoms with van der Waals surface area (Å²) in [4.78, 5) is 17.9. The first-order chi connectivity index (χ1) is 8.80. The molecule has 2 rings (SSSR count). The van der Waals surface area contributed by atoms with Crippen LogP contribution in [0, 0.1) is 0 Å². The van der Waals surface area contributed by atoms with Crippen LogP contribution < -0.4 is 0 Å². The molecule has 0 aliphatic rings. The third-order valence-electron chi connectivity index (χ3n) is 2.22. The first-order valence-corrected chi connectivity index (χ1v) is 4.83. The van der Waals surface area contributed by atoms with Crippen molar-refractivity contribution in [2.24, 2.45) is 7.05 Å². The Hall–Kier alpha value is -2.52. The maximum absolute atomic E-state index is 12.3. The van der Waals surface area contributed by atoms with E-state index in [1.165, 1.54) is 7.05 Å². The van der Waals surface area contributed by atoms with Gasteiger partial charge in [-0.05, 0) is 0 Å². The minimum Gasteiger partial charge on any atom is -0.476 e. The maximum Gasteiger partial charge on any atom is 0.419 e.